The quantitative estimate of drug-likeness (QED) is 0.239. The maximum atomic E-state index is 14.8. The van der Waals surface area contributed by atoms with Crippen molar-refractivity contribution in [3.63, 3.8) is 0 Å². The third-order valence-corrected chi connectivity index (χ3v) is 10.0. The summed E-state index contributed by atoms with van der Waals surface area (Å²) in [6.07, 6.45) is 0. The topological polar surface area (TPSA) is 43.1 Å². The highest BCUT2D eigenvalue weighted by Crippen LogP contribution is 2.45. The van der Waals surface area contributed by atoms with E-state index in [9.17, 15) is 4.57 Å². The molecule has 0 saturated carbocycles. The van der Waals surface area contributed by atoms with E-state index in [0.29, 0.717) is 0 Å². The Morgan fingerprint density at radius 2 is 1.08 bits per heavy atom. The number of hydrogen-bond donors (Lipinski definition) is 0. The number of nitrogens with zero attached hydrogens (tertiary/aromatic N) is 1. The molecule has 0 N–H and O–H groups in total. The molecule has 5 aromatic carbocycles. The summed E-state index contributed by atoms with van der Waals surface area (Å²) in [4.78, 5) is 4.96. The van der Waals surface area contributed by atoms with Gasteiger partial charge in [-0.1, -0.05) is 115 Å². The third-order valence-electron chi connectivity index (χ3n) is 6.96. The molecule has 7 rings (SSSR count). The van der Waals surface area contributed by atoms with Gasteiger partial charge in [-0.15, -0.1) is 0 Å². The van der Waals surface area contributed by atoms with Crippen molar-refractivity contribution < 1.29 is 8.98 Å². The number of hydrogen-bond acceptors (Lipinski definition) is 3. The molecular formula is C33H22NO2P. The molecule has 0 spiro atoms. The lowest BCUT2D eigenvalue weighted by molar-refractivity contribution is 0.592. The van der Waals surface area contributed by atoms with Gasteiger partial charge in [0.25, 0.3) is 0 Å². The molecule has 37 heavy (non-hydrogen) atoms. The Bertz CT molecular complexity index is 1850. The zero-order chi connectivity index (χ0) is 24.8. The zero-order valence-electron chi connectivity index (χ0n) is 19.9. The molecule has 2 heterocycles. The number of aromatic nitrogens is 1. The van der Waals surface area contributed by atoms with E-state index in [1.165, 1.54) is 0 Å². The van der Waals surface area contributed by atoms with Crippen LogP contribution in [0.1, 0.15) is 0 Å². The second-order valence-electron chi connectivity index (χ2n) is 9.11. The number of para-hydroxylation sites is 2. The first-order valence-corrected chi connectivity index (χ1v) is 14.0. The third kappa shape index (κ3) is 3.43. The molecule has 0 aromatic heterocycles. The van der Waals surface area contributed by atoms with Gasteiger partial charge in [-0.3, -0.25) is 0 Å². The van der Waals surface area contributed by atoms with Crippen molar-refractivity contribution in [1.82, 2.24) is 4.98 Å². The predicted octanol–water partition coefficient (Wildman–Crippen LogP) is 7.39. The minimum atomic E-state index is -3.05. The molecule has 2 aliphatic rings. The molecule has 0 unspecified atom stereocenters. The summed E-state index contributed by atoms with van der Waals surface area (Å²) < 4.78 is 21.3. The van der Waals surface area contributed by atoms with Gasteiger partial charge in [-0.25, -0.2) is 4.98 Å². The van der Waals surface area contributed by atoms with Gasteiger partial charge in [0.1, 0.15) is 11.3 Å². The molecule has 0 bridgehead atoms. The van der Waals surface area contributed by atoms with E-state index in [0.717, 1.165) is 60.4 Å². The molecule has 5 aromatic rings. The first-order chi connectivity index (χ1) is 18.2. The van der Waals surface area contributed by atoms with Crippen LogP contribution >= 0.6 is 7.14 Å². The van der Waals surface area contributed by atoms with Crippen LogP contribution in [0.2, 0.25) is 0 Å². The van der Waals surface area contributed by atoms with E-state index in [1.807, 2.05) is 121 Å². The lowest BCUT2D eigenvalue weighted by Gasteiger charge is -2.20. The summed E-state index contributed by atoms with van der Waals surface area (Å²) in [5.41, 5.74) is 4.58. The minimum absolute atomic E-state index is 0.767. The van der Waals surface area contributed by atoms with E-state index in [1.54, 1.807) is 0 Å². The van der Waals surface area contributed by atoms with Gasteiger partial charge >= 0.3 is 0 Å². The van der Waals surface area contributed by atoms with Crippen molar-refractivity contribution in [3.8, 4) is 22.6 Å². The Balaban J connectivity index is 1.44. The first-order valence-electron chi connectivity index (χ1n) is 12.3. The molecule has 0 amide bonds. The monoisotopic (exact) mass is 495 g/mol. The van der Waals surface area contributed by atoms with E-state index < -0.39 is 7.14 Å². The van der Waals surface area contributed by atoms with Crippen molar-refractivity contribution in [2.24, 2.45) is 0 Å². The van der Waals surface area contributed by atoms with Crippen LogP contribution in [0, 0.1) is 0 Å². The van der Waals surface area contributed by atoms with Gasteiger partial charge < -0.3 is 8.98 Å². The number of benzene rings is 5. The SMILES string of the molecule is O=P(c1ccccc1)(c1ccccc1)c1ccc(-c2oc3ccccc3c3nc4ccccc4c2-3)cc1. The minimum Gasteiger partial charge on any atom is -0.455 e. The van der Waals surface area contributed by atoms with Crippen LogP contribution in [0.25, 0.3) is 44.5 Å². The standard InChI is InChI=1S/C33H22NO2P/c35-37(24-11-3-1-4-12-24,25-13-5-2-6-14-25)26-21-19-23(20-22-26)33-31-27-15-7-9-17-29(27)34-32(31)28-16-8-10-18-30(28)36-33/h1-22H. The largest absolute Gasteiger partial charge is 0.455 e. The van der Waals surface area contributed by atoms with Crippen LogP contribution < -0.4 is 15.9 Å². The summed E-state index contributed by atoms with van der Waals surface area (Å²) in [7, 11) is -3.05. The van der Waals surface area contributed by atoms with Gasteiger partial charge in [-0.05, 0) is 18.2 Å². The highest BCUT2D eigenvalue weighted by atomic mass is 31.2. The van der Waals surface area contributed by atoms with Crippen molar-refractivity contribution in [1.29, 1.82) is 0 Å². The molecule has 4 heteroatoms. The first kappa shape index (κ1) is 21.8. The van der Waals surface area contributed by atoms with Crippen molar-refractivity contribution in [3.05, 3.63) is 133 Å². The van der Waals surface area contributed by atoms with Crippen molar-refractivity contribution in [2.75, 3.05) is 0 Å². The molecule has 0 radical (unpaired) electrons. The molecular weight excluding hydrogens is 473 g/mol. The van der Waals surface area contributed by atoms with Crippen molar-refractivity contribution in [2.45, 2.75) is 0 Å². The fraction of sp³-hybridized carbons (Fsp3) is 0. The zero-order valence-corrected chi connectivity index (χ0v) is 20.8. The number of fused-ring (bicyclic) bond motifs is 5. The molecule has 3 nitrogen and oxygen atoms in total. The van der Waals surface area contributed by atoms with Crippen LogP contribution in [0.5, 0.6) is 0 Å². The molecule has 0 fully saturated rings. The fourth-order valence-electron chi connectivity index (χ4n) is 5.17. The second kappa shape index (κ2) is 8.58. The summed E-state index contributed by atoms with van der Waals surface area (Å²) in [6.45, 7) is 0. The Labute approximate surface area is 214 Å². The summed E-state index contributed by atoms with van der Waals surface area (Å²) in [5.74, 6) is 0.767. The van der Waals surface area contributed by atoms with Gasteiger partial charge in [0.15, 0.2) is 7.14 Å². The maximum absolute atomic E-state index is 14.8. The van der Waals surface area contributed by atoms with Crippen LogP contribution in [-0.4, -0.2) is 4.98 Å². The van der Waals surface area contributed by atoms with Crippen LogP contribution in [0.4, 0.5) is 0 Å². The van der Waals surface area contributed by atoms with Crippen LogP contribution in [0.15, 0.2) is 138 Å². The van der Waals surface area contributed by atoms with E-state index in [-0.39, 0.29) is 0 Å². The Morgan fingerprint density at radius 3 is 1.76 bits per heavy atom. The fourth-order valence-corrected chi connectivity index (χ4v) is 7.82. The molecule has 0 aliphatic carbocycles. The summed E-state index contributed by atoms with van der Waals surface area (Å²) in [6, 6.07) is 43.6. The molecule has 2 aliphatic heterocycles. The maximum Gasteiger partial charge on any atom is 0.171 e. The highest BCUT2D eigenvalue weighted by molar-refractivity contribution is 7.85. The lowest BCUT2D eigenvalue weighted by atomic mass is 9.99. The highest BCUT2D eigenvalue weighted by Gasteiger charge is 2.30. The van der Waals surface area contributed by atoms with Crippen LogP contribution in [-0.2, 0) is 4.57 Å². The van der Waals surface area contributed by atoms with Crippen LogP contribution in [0.3, 0.4) is 0 Å². The Kier molecular flexibility index (Phi) is 5.06. The van der Waals surface area contributed by atoms with Crippen molar-refractivity contribution >= 4 is 44.9 Å². The van der Waals surface area contributed by atoms with Gasteiger partial charge in [0.05, 0.1) is 16.8 Å². The number of rotatable bonds is 4. The predicted molar refractivity (Wildman–Crippen MR) is 153 cm³/mol. The van der Waals surface area contributed by atoms with E-state index in [2.05, 4.69) is 12.1 Å². The lowest BCUT2D eigenvalue weighted by Crippen LogP contribution is -2.24. The average Bonchev–Trinajstić information content (AvgIpc) is 3.37. The molecule has 0 saturated heterocycles. The van der Waals surface area contributed by atoms with E-state index in [4.69, 9.17) is 9.40 Å². The van der Waals surface area contributed by atoms with Gasteiger partial charge in [-0.2, -0.15) is 0 Å². The summed E-state index contributed by atoms with van der Waals surface area (Å²) in [5, 5.41) is 4.48. The Morgan fingerprint density at radius 1 is 0.541 bits per heavy atom. The molecule has 0 atom stereocenters. The normalized spacial score (nSPS) is 11.9. The van der Waals surface area contributed by atoms with E-state index >= 15 is 0 Å². The van der Waals surface area contributed by atoms with Gasteiger partial charge in [0.2, 0.25) is 0 Å². The Hall–Kier alpha value is -4.46. The molecule has 176 valence electrons. The van der Waals surface area contributed by atoms with Gasteiger partial charge in [0, 0.05) is 32.2 Å². The smallest absolute Gasteiger partial charge is 0.171 e. The average molecular weight is 496 g/mol. The second-order valence-corrected chi connectivity index (χ2v) is 11.9. The summed E-state index contributed by atoms with van der Waals surface area (Å²) >= 11 is 0.